The van der Waals surface area contributed by atoms with Gasteiger partial charge in [0.25, 0.3) is 0 Å². The van der Waals surface area contributed by atoms with Gasteiger partial charge in [-0.3, -0.25) is 0 Å². The Hall–Kier alpha value is -0.930. The fourth-order valence-corrected chi connectivity index (χ4v) is 1.30. The maximum absolute atomic E-state index is 14.4. The molecule has 1 unspecified atom stereocenters. The topological polar surface area (TPSA) is 35.2 Å². The van der Waals surface area contributed by atoms with Crippen molar-refractivity contribution in [3.05, 3.63) is 35.9 Å². The SMILES string of the molecule is CC(C)OCC(F)(CN)c1ccccc1. The minimum Gasteiger partial charge on any atom is -0.375 e. The molecule has 0 aliphatic carbocycles. The third-order valence-electron chi connectivity index (χ3n) is 2.26. The van der Waals surface area contributed by atoms with Crippen LogP contribution in [0.25, 0.3) is 0 Å². The molecule has 0 heterocycles. The van der Waals surface area contributed by atoms with Gasteiger partial charge in [0.05, 0.1) is 12.7 Å². The van der Waals surface area contributed by atoms with E-state index in [9.17, 15) is 4.39 Å². The molecule has 0 aliphatic rings. The maximum atomic E-state index is 14.4. The predicted molar refractivity (Wildman–Crippen MR) is 59.4 cm³/mol. The van der Waals surface area contributed by atoms with Crippen molar-refractivity contribution >= 4 is 0 Å². The molecule has 0 spiro atoms. The van der Waals surface area contributed by atoms with E-state index >= 15 is 0 Å². The molecule has 1 atom stereocenters. The highest BCUT2D eigenvalue weighted by molar-refractivity contribution is 5.23. The summed E-state index contributed by atoms with van der Waals surface area (Å²) in [4.78, 5) is 0. The molecule has 0 aliphatic heterocycles. The molecule has 0 fully saturated rings. The molecule has 1 aromatic carbocycles. The first-order valence-electron chi connectivity index (χ1n) is 5.14. The molecule has 3 heteroatoms. The smallest absolute Gasteiger partial charge is 0.171 e. The molecular weight excluding hydrogens is 193 g/mol. The van der Waals surface area contributed by atoms with Gasteiger partial charge in [-0.05, 0) is 19.4 Å². The lowest BCUT2D eigenvalue weighted by Gasteiger charge is -2.25. The van der Waals surface area contributed by atoms with Gasteiger partial charge in [-0.1, -0.05) is 30.3 Å². The van der Waals surface area contributed by atoms with E-state index in [1.54, 1.807) is 24.3 Å². The zero-order chi connectivity index (χ0) is 11.3. The Morgan fingerprint density at radius 2 is 1.93 bits per heavy atom. The lowest BCUT2D eigenvalue weighted by Crippen LogP contribution is -2.36. The van der Waals surface area contributed by atoms with Crippen LogP contribution < -0.4 is 5.73 Å². The average molecular weight is 211 g/mol. The largest absolute Gasteiger partial charge is 0.375 e. The summed E-state index contributed by atoms with van der Waals surface area (Å²) < 4.78 is 19.7. The highest BCUT2D eigenvalue weighted by Crippen LogP contribution is 2.25. The summed E-state index contributed by atoms with van der Waals surface area (Å²) in [5.41, 5.74) is 4.47. The summed E-state index contributed by atoms with van der Waals surface area (Å²) in [6.07, 6.45) is 0.00962. The van der Waals surface area contributed by atoms with Gasteiger partial charge in [0.15, 0.2) is 5.67 Å². The van der Waals surface area contributed by atoms with E-state index in [2.05, 4.69) is 0 Å². The number of rotatable bonds is 5. The Labute approximate surface area is 90.2 Å². The molecule has 2 nitrogen and oxygen atoms in total. The van der Waals surface area contributed by atoms with E-state index in [1.165, 1.54) is 0 Å². The van der Waals surface area contributed by atoms with Crippen LogP contribution in [0.5, 0.6) is 0 Å². The number of halogens is 1. The molecule has 0 bridgehead atoms. The second-order valence-electron chi connectivity index (χ2n) is 3.90. The molecule has 1 aromatic rings. The molecular formula is C12H18FNO. The Bertz CT molecular complexity index is 289. The van der Waals surface area contributed by atoms with Crippen LogP contribution in [-0.2, 0) is 10.4 Å². The molecule has 2 N–H and O–H groups in total. The minimum atomic E-state index is -1.58. The van der Waals surface area contributed by atoms with Gasteiger partial charge in [-0.2, -0.15) is 0 Å². The van der Waals surface area contributed by atoms with E-state index in [4.69, 9.17) is 10.5 Å². The molecule has 1 rings (SSSR count). The summed E-state index contributed by atoms with van der Waals surface area (Å²) in [7, 11) is 0. The lowest BCUT2D eigenvalue weighted by atomic mass is 9.97. The van der Waals surface area contributed by atoms with Crippen LogP contribution in [0.2, 0.25) is 0 Å². The van der Waals surface area contributed by atoms with Crippen molar-refractivity contribution in [3.8, 4) is 0 Å². The number of nitrogens with two attached hydrogens (primary N) is 1. The Balaban J connectivity index is 2.76. The fraction of sp³-hybridized carbons (Fsp3) is 0.500. The molecule has 15 heavy (non-hydrogen) atoms. The van der Waals surface area contributed by atoms with Gasteiger partial charge in [0, 0.05) is 6.54 Å². The number of ether oxygens (including phenoxy) is 1. The monoisotopic (exact) mass is 211 g/mol. The maximum Gasteiger partial charge on any atom is 0.171 e. The van der Waals surface area contributed by atoms with Crippen LogP contribution in [-0.4, -0.2) is 19.3 Å². The van der Waals surface area contributed by atoms with Crippen molar-refractivity contribution in [2.45, 2.75) is 25.6 Å². The second-order valence-corrected chi connectivity index (χ2v) is 3.90. The third kappa shape index (κ3) is 3.29. The van der Waals surface area contributed by atoms with Crippen LogP contribution >= 0.6 is 0 Å². The standard InChI is InChI=1S/C12H18FNO/c1-10(2)15-9-12(13,8-14)11-6-4-3-5-7-11/h3-7,10H,8-9,14H2,1-2H3. The minimum absolute atomic E-state index is 0.00514. The Morgan fingerprint density at radius 1 is 1.33 bits per heavy atom. The summed E-state index contributed by atoms with van der Waals surface area (Å²) in [6.45, 7) is 3.69. The summed E-state index contributed by atoms with van der Waals surface area (Å²) in [6, 6.07) is 8.92. The zero-order valence-corrected chi connectivity index (χ0v) is 9.24. The van der Waals surface area contributed by atoms with Gasteiger partial charge in [-0.25, -0.2) is 4.39 Å². The molecule has 0 saturated heterocycles. The van der Waals surface area contributed by atoms with Crippen molar-refractivity contribution in [2.24, 2.45) is 5.73 Å². The first kappa shape index (κ1) is 12.1. The van der Waals surface area contributed by atoms with Gasteiger partial charge < -0.3 is 10.5 Å². The molecule has 84 valence electrons. The zero-order valence-electron chi connectivity index (χ0n) is 9.24. The summed E-state index contributed by atoms with van der Waals surface area (Å²) in [5, 5.41) is 0. The van der Waals surface area contributed by atoms with Gasteiger partial charge in [-0.15, -0.1) is 0 Å². The van der Waals surface area contributed by atoms with E-state index in [0.29, 0.717) is 5.56 Å². The van der Waals surface area contributed by atoms with E-state index in [-0.39, 0.29) is 19.3 Å². The first-order valence-corrected chi connectivity index (χ1v) is 5.14. The quantitative estimate of drug-likeness (QED) is 0.810. The van der Waals surface area contributed by atoms with E-state index < -0.39 is 5.67 Å². The number of benzene rings is 1. The van der Waals surface area contributed by atoms with Crippen molar-refractivity contribution < 1.29 is 9.13 Å². The van der Waals surface area contributed by atoms with Crippen molar-refractivity contribution in [1.29, 1.82) is 0 Å². The van der Waals surface area contributed by atoms with Crippen LogP contribution in [0.15, 0.2) is 30.3 Å². The second kappa shape index (κ2) is 5.24. The predicted octanol–water partition coefficient (Wildman–Crippen LogP) is 2.24. The third-order valence-corrected chi connectivity index (χ3v) is 2.26. The normalized spacial score (nSPS) is 15.3. The van der Waals surface area contributed by atoms with Gasteiger partial charge in [0.1, 0.15) is 0 Å². The van der Waals surface area contributed by atoms with Crippen molar-refractivity contribution in [2.75, 3.05) is 13.2 Å². The number of hydrogen-bond acceptors (Lipinski definition) is 2. The highest BCUT2D eigenvalue weighted by Gasteiger charge is 2.30. The summed E-state index contributed by atoms with van der Waals surface area (Å²) in [5.74, 6) is 0. The van der Waals surface area contributed by atoms with E-state index in [0.717, 1.165) is 0 Å². The van der Waals surface area contributed by atoms with Crippen molar-refractivity contribution in [1.82, 2.24) is 0 Å². The molecule has 0 radical (unpaired) electrons. The molecule has 0 amide bonds. The summed E-state index contributed by atoms with van der Waals surface area (Å²) >= 11 is 0. The Morgan fingerprint density at radius 3 is 2.40 bits per heavy atom. The Kier molecular flexibility index (Phi) is 4.24. The molecule has 0 saturated carbocycles. The number of alkyl halides is 1. The van der Waals surface area contributed by atoms with E-state index in [1.807, 2.05) is 19.9 Å². The number of hydrogen-bond donors (Lipinski definition) is 1. The fourth-order valence-electron chi connectivity index (χ4n) is 1.30. The van der Waals surface area contributed by atoms with Crippen LogP contribution in [0.4, 0.5) is 4.39 Å². The first-order chi connectivity index (χ1) is 7.08. The van der Waals surface area contributed by atoms with Gasteiger partial charge >= 0.3 is 0 Å². The van der Waals surface area contributed by atoms with Crippen molar-refractivity contribution in [3.63, 3.8) is 0 Å². The van der Waals surface area contributed by atoms with Crippen LogP contribution in [0, 0.1) is 0 Å². The lowest BCUT2D eigenvalue weighted by molar-refractivity contribution is -0.0125. The molecule has 0 aromatic heterocycles. The van der Waals surface area contributed by atoms with Crippen LogP contribution in [0.3, 0.4) is 0 Å². The highest BCUT2D eigenvalue weighted by atomic mass is 19.1. The van der Waals surface area contributed by atoms with Crippen LogP contribution in [0.1, 0.15) is 19.4 Å². The van der Waals surface area contributed by atoms with Gasteiger partial charge in [0.2, 0.25) is 0 Å². The average Bonchev–Trinajstić information content (AvgIpc) is 2.27.